The molecule has 3 atom stereocenters. The molecule has 0 radical (unpaired) electrons. The van der Waals surface area contributed by atoms with Crippen LogP contribution in [0.3, 0.4) is 0 Å². The summed E-state index contributed by atoms with van der Waals surface area (Å²) in [7, 11) is 0. The van der Waals surface area contributed by atoms with E-state index in [0.717, 1.165) is 18.4 Å². The maximum Gasteiger partial charge on any atom is 0.306 e. The van der Waals surface area contributed by atoms with E-state index in [1.165, 1.54) is 0 Å². The summed E-state index contributed by atoms with van der Waals surface area (Å²) < 4.78 is 0. The van der Waals surface area contributed by atoms with E-state index in [2.05, 4.69) is 5.32 Å². The fourth-order valence-corrected chi connectivity index (χ4v) is 3.53. The van der Waals surface area contributed by atoms with Gasteiger partial charge in [0.05, 0.1) is 12.0 Å². The van der Waals surface area contributed by atoms with E-state index < -0.39 is 18.0 Å². The van der Waals surface area contributed by atoms with Gasteiger partial charge in [-0.05, 0) is 36.5 Å². The number of benzene rings is 1. The highest BCUT2D eigenvalue weighted by Crippen LogP contribution is 2.40. The molecule has 1 heterocycles. The summed E-state index contributed by atoms with van der Waals surface area (Å²) in [4.78, 5) is 23.1. The molecule has 5 nitrogen and oxygen atoms in total. The number of amides is 1. The summed E-state index contributed by atoms with van der Waals surface area (Å²) in [6.45, 7) is 0.636. The summed E-state index contributed by atoms with van der Waals surface area (Å²) in [5.74, 6) is -1.73. The molecule has 1 aromatic rings. The van der Waals surface area contributed by atoms with E-state index >= 15 is 0 Å². The smallest absolute Gasteiger partial charge is 0.306 e. The number of aliphatic carboxylic acids is 1. The number of rotatable bonds is 3. The molecule has 1 aliphatic carbocycles. The topological polar surface area (TPSA) is 86.6 Å². The van der Waals surface area contributed by atoms with E-state index in [1.54, 1.807) is 6.07 Å². The van der Waals surface area contributed by atoms with Gasteiger partial charge in [-0.1, -0.05) is 18.6 Å². The Kier molecular flexibility index (Phi) is 3.68. The Morgan fingerprint density at radius 2 is 2.14 bits per heavy atom. The average Bonchev–Trinajstić information content (AvgIpc) is 2.96. The largest absolute Gasteiger partial charge is 0.481 e. The number of hydrogen-bond donors (Lipinski definition) is 3. The lowest BCUT2D eigenvalue weighted by molar-refractivity contribution is -0.144. The average molecular weight is 289 g/mol. The molecule has 21 heavy (non-hydrogen) atoms. The molecule has 3 unspecified atom stereocenters. The zero-order valence-corrected chi connectivity index (χ0v) is 11.7. The molecule has 3 rings (SSSR count). The zero-order chi connectivity index (χ0) is 15.0. The van der Waals surface area contributed by atoms with Crippen LogP contribution >= 0.6 is 0 Å². The van der Waals surface area contributed by atoms with Crippen molar-refractivity contribution in [3.05, 3.63) is 34.9 Å². The summed E-state index contributed by atoms with van der Waals surface area (Å²) in [6, 6.07) is 5.41. The number of fused-ring (bicyclic) bond motifs is 1. The molecule has 1 amide bonds. The van der Waals surface area contributed by atoms with Crippen LogP contribution in [-0.4, -0.2) is 28.6 Å². The third-order valence-corrected chi connectivity index (χ3v) is 4.69. The SMILES string of the molecule is O=C1NCCc2ccc(C(O)C3CCCC3C(=O)O)cc21. The molecule has 5 heteroatoms. The van der Waals surface area contributed by atoms with Crippen LogP contribution in [0.4, 0.5) is 0 Å². The van der Waals surface area contributed by atoms with Gasteiger partial charge in [0.15, 0.2) is 0 Å². The van der Waals surface area contributed by atoms with Crippen LogP contribution < -0.4 is 5.32 Å². The van der Waals surface area contributed by atoms with Crippen LogP contribution in [0, 0.1) is 11.8 Å². The minimum atomic E-state index is -0.841. The Balaban J connectivity index is 1.88. The Labute approximate surface area is 123 Å². The predicted octanol–water partition coefficient (Wildman–Crippen LogP) is 1.51. The maximum atomic E-state index is 11.9. The number of hydrogen-bond acceptors (Lipinski definition) is 3. The van der Waals surface area contributed by atoms with Gasteiger partial charge in [0.2, 0.25) is 0 Å². The number of carbonyl (C=O) groups is 2. The van der Waals surface area contributed by atoms with Crippen molar-refractivity contribution in [1.82, 2.24) is 5.32 Å². The number of aliphatic hydroxyl groups excluding tert-OH is 1. The van der Waals surface area contributed by atoms with Crippen LogP contribution in [0.25, 0.3) is 0 Å². The Hall–Kier alpha value is -1.88. The minimum Gasteiger partial charge on any atom is -0.481 e. The minimum absolute atomic E-state index is 0.119. The maximum absolute atomic E-state index is 11.9. The first-order chi connectivity index (χ1) is 10.1. The van der Waals surface area contributed by atoms with E-state index in [-0.39, 0.29) is 11.8 Å². The molecule has 112 valence electrons. The molecule has 0 bridgehead atoms. The first kappa shape index (κ1) is 14.1. The molecule has 2 aliphatic rings. The summed E-state index contributed by atoms with van der Waals surface area (Å²) >= 11 is 0. The highest BCUT2D eigenvalue weighted by atomic mass is 16.4. The number of carboxylic acids is 1. The number of nitrogens with one attached hydrogen (secondary N) is 1. The molecule has 0 aromatic heterocycles. The lowest BCUT2D eigenvalue weighted by Gasteiger charge is -2.24. The fourth-order valence-electron chi connectivity index (χ4n) is 3.53. The molecule has 0 spiro atoms. The molecule has 1 saturated carbocycles. The van der Waals surface area contributed by atoms with Crippen molar-refractivity contribution in [1.29, 1.82) is 0 Å². The summed E-state index contributed by atoms with van der Waals surface area (Å²) in [5.41, 5.74) is 2.22. The van der Waals surface area contributed by atoms with Gasteiger partial charge in [-0.3, -0.25) is 9.59 Å². The van der Waals surface area contributed by atoms with Crippen molar-refractivity contribution in [2.45, 2.75) is 31.8 Å². The van der Waals surface area contributed by atoms with Gasteiger partial charge in [-0.25, -0.2) is 0 Å². The predicted molar refractivity (Wildman–Crippen MR) is 75.9 cm³/mol. The Morgan fingerprint density at radius 3 is 2.90 bits per heavy atom. The van der Waals surface area contributed by atoms with Gasteiger partial charge >= 0.3 is 5.97 Å². The van der Waals surface area contributed by atoms with Crippen LogP contribution in [0.5, 0.6) is 0 Å². The van der Waals surface area contributed by atoms with E-state index in [4.69, 9.17) is 0 Å². The second-order valence-electron chi connectivity index (χ2n) is 5.91. The monoisotopic (exact) mass is 289 g/mol. The van der Waals surface area contributed by atoms with Gasteiger partial charge in [0.25, 0.3) is 5.91 Å². The second kappa shape index (κ2) is 5.48. The van der Waals surface area contributed by atoms with E-state index in [1.807, 2.05) is 12.1 Å². The zero-order valence-electron chi connectivity index (χ0n) is 11.7. The molecule has 1 aromatic carbocycles. The first-order valence-corrected chi connectivity index (χ1v) is 7.40. The molecule has 3 N–H and O–H groups in total. The van der Waals surface area contributed by atoms with Gasteiger partial charge in [-0.2, -0.15) is 0 Å². The second-order valence-corrected chi connectivity index (χ2v) is 5.91. The fraction of sp³-hybridized carbons (Fsp3) is 0.500. The van der Waals surface area contributed by atoms with Crippen molar-refractivity contribution < 1.29 is 19.8 Å². The van der Waals surface area contributed by atoms with Gasteiger partial charge in [0, 0.05) is 18.0 Å². The van der Waals surface area contributed by atoms with Crippen LogP contribution in [0.2, 0.25) is 0 Å². The quantitative estimate of drug-likeness (QED) is 0.787. The van der Waals surface area contributed by atoms with E-state index in [0.29, 0.717) is 30.5 Å². The van der Waals surface area contributed by atoms with E-state index in [9.17, 15) is 19.8 Å². The molecular weight excluding hydrogens is 270 g/mol. The van der Waals surface area contributed by atoms with Crippen LogP contribution in [0.1, 0.15) is 46.9 Å². The lowest BCUT2D eigenvalue weighted by atomic mass is 9.85. The third-order valence-electron chi connectivity index (χ3n) is 4.69. The van der Waals surface area contributed by atoms with Crippen LogP contribution in [0.15, 0.2) is 18.2 Å². The molecular formula is C16H19NO4. The van der Waals surface area contributed by atoms with Crippen molar-refractivity contribution in [2.24, 2.45) is 11.8 Å². The van der Waals surface area contributed by atoms with Crippen LogP contribution in [-0.2, 0) is 11.2 Å². The molecule has 1 fully saturated rings. The first-order valence-electron chi connectivity index (χ1n) is 7.40. The molecule has 0 saturated heterocycles. The number of aliphatic hydroxyl groups is 1. The highest BCUT2D eigenvalue weighted by molar-refractivity contribution is 5.96. The summed E-state index contributed by atoms with van der Waals surface area (Å²) in [5, 5.41) is 22.6. The standard InChI is InChI=1S/C16H19NO4/c18-14(11-2-1-3-12(11)16(20)21)10-5-4-9-6-7-17-15(19)13(9)8-10/h4-5,8,11-12,14,18H,1-3,6-7H2,(H,17,19)(H,20,21). The lowest BCUT2D eigenvalue weighted by Crippen LogP contribution is -2.32. The van der Waals surface area contributed by atoms with Crippen molar-refractivity contribution in [3.8, 4) is 0 Å². The van der Waals surface area contributed by atoms with Gasteiger partial charge < -0.3 is 15.5 Å². The number of carboxylic acid groups (broad SMARTS) is 1. The van der Waals surface area contributed by atoms with Crippen molar-refractivity contribution >= 4 is 11.9 Å². The highest BCUT2D eigenvalue weighted by Gasteiger charge is 2.38. The van der Waals surface area contributed by atoms with Crippen molar-refractivity contribution in [3.63, 3.8) is 0 Å². The number of carbonyl (C=O) groups excluding carboxylic acids is 1. The summed E-state index contributed by atoms with van der Waals surface area (Å²) in [6.07, 6.45) is 2.11. The Bertz CT molecular complexity index is 584. The molecule has 1 aliphatic heterocycles. The normalized spacial score (nSPS) is 26.0. The van der Waals surface area contributed by atoms with Crippen molar-refractivity contribution in [2.75, 3.05) is 6.54 Å². The Morgan fingerprint density at radius 1 is 1.33 bits per heavy atom. The van der Waals surface area contributed by atoms with Gasteiger partial charge in [0.1, 0.15) is 0 Å². The third kappa shape index (κ3) is 2.53. The van der Waals surface area contributed by atoms with Gasteiger partial charge in [-0.15, -0.1) is 0 Å².